The van der Waals surface area contributed by atoms with E-state index in [-0.39, 0.29) is 30.4 Å². The van der Waals surface area contributed by atoms with Crippen LogP contribution in [0, 0.1) is 17.1 Å². The highest BCUT2D eigenvalue weighted by atomic mass is 19.1. The van der Waals surface area contributed by atoms with Crippen LogP contribution in [0.5, 0.6) is 0 Å². The van der Waals surface area contributed by atoms with E-state index in [2.05, 4.69) is 34.8 Å². The molecule has 2 aliphatic rings. The summed E-state index contributed by atoms with van der Waals surface area (Å²) in [6, 6.07) is 7.40. The molecule has 1 saturated heterocycles. The standard InChI is InChI=1S/C25H30FN5O2/c1-3-22-16-30(15-18(2)31(22)23-7-6-19(11-27)12-29-23)24(32)17-33-25(8-4-5-9-25)20-10-21(26)14-28-13-20/h6-7,10,12-14,18,22H,3-5,8-9,15-17H2,1-2H3. The number of hydrogen-bond acceptors (Lipinski definition) is 6. The first-order valence-electron chi connectivity index (χ1n) is 11.6. The van der Waals surface area contributed by atoms with Gasteiger partial charge in [-0.1, -0.05) is 19.8 Å². The fourth-order valence-corrected chi connectivity index (χ4v) is 5.15. The van der Waals surface area contributed by atoms with Gasteiger partial charge in [-0.3, -0.25) is 9.78 Å². The van der Waals surface area contributed by atoms with Gasteiger partial charge in [-0.2, -0.15) is 5.26 Å². The van der Waals surface area contributed by atoms with Crippen LogP contribution in [0.25, 0.3) is 0 Å². The number of aromatic nitrogens is 2. The summed E-state index contributed by atoms with van der Waals surface area (Å²) < 4.78 is 20.0. The monoisotopic (exact) mass is 451 g/mol. The molecule has 1 aliphatic heterocycles. The van der Waals surface area contributed by atoms with Crippen molar-refractivity contribution in [1.29, 1.82) is 5.26 Å². The summed E-state index contributed by atoms with van der Waals surface area (Å²) in [5.41, 5.74) is 0.596. The van der Waals surface area contributed by atoms with Crippen LogP contribution in [-0.2, 0) is 15.1 Å². The number of anilines is 1. The van der Waals surface area contributed by atoms with Gasteiger partial charge >= 0.3 is 0 Å². The zero-order valence-corrected chi connectivity index (χ0v) is 19.2. The fourth-order valence-electron chi connectivity index (χ4n) is 5.15. The SMILES string of the molecule is CCC1CN(C(=O)COC2(c3cncc(F)c3)CCCC2)CC(C)N1c1ccc(C#N)cn1. The lowest BCUT2D eigenvalue weighted by atomic mass is 9.93. The number of pyridine rings is 2. The minimum absolute atomic E-state index is 0.0330. The van der Waals surface area contributed by atoms with Gasteiger partial charge in [0.05, 0.1) is 17.4 Å². The smallest absolute Gasteiger partial charge is 0.248 e. The van der Waals surface area contributed by atoms with E-state index in [1.165, 1.54) is 12.3 Å². The zero-order valence-electron chi connectivity index (χ0n) is 19.2. The average molecular weight is 452 g/mol. The molecule has 3 heterocycles. The van der Waals surface area contributed by atoms with Gasteiger partial charge in [0.2, 0.25) is 5.91 Å². The van der Waals surface area contributed by atoms with Crippen molar-refractivity contribution in [2.75, 3.05) is 24.6 Å². The number of ether oxygens (including phenoxy) is 1. The number of carbonyl (C=O) groups is 1. The summed E-state index contributed by atoms with van der Waals surface area (Å²) in [4.78, 5) is 25.7. The molecule has 4 rings (SSSR count). The molecule has 1 aliphatic carbocycles. The molecule has 1 amide bonds. The second kappa shape index (κ2) is 9.84. The Balaban J connectivity index is 1.44. The quantitative estimate of drug-likeness (QED) is 0.665. The fraction of sp³-hybridized carbons (Fsp3) is 0.520. The molecule has 2 aromatic rings. The van der Waals surface area contributed by atoms with Gasteiger partial charge in [-0.15, -0.1) is 0 Å². The molecule has 0 spiro atoms. The third-order valence-corrected chi connectivity index (χ3v) is 6.86. The number of carbonyl (C=O) groups excluding carboxylic acids is 1. The molecule has 2 aromatic heterocycles. The van der Waals surface area contributed by atoms with E-state index in [9.17, 15) is 9.18 Å². The van der Waals surface area contributed by atoms with Crippen LogP contribution in [0.1, 0.15) is 57.1 Å². The Morgan fingerprint density at radius 1 is 1.27 bits per heavy atom. The Labute approximate surface area is 194 Å². The minimum Gasteiger partial charge on any atom is -0.360 e. The summed E-state index contributed by atoms with van der Waals surface area (Å²) in [5.74, 6) is 0.379. The van der Waals surface area contributed by atoms with Gasteiger partial charge in [0, 0.05) is 43.1 Å². The van der Waals surface area contributed by atoms with Crippen LogP contribution in [-0.4, -0.2) is 52.6 Å². The van der Waals surface area contributed by atoms with Crippen LogP contribution < -0.4 is 4.90 Å². The van der Waals surface area contributed by atoms with Crippen molar-refractivity contribution < 1.29 is 13.9 Å². The number of nitriles is 1. The van der Waals surface area contributed by atoms with E-state index in [1.54, 1.807) is 18.5 Å². The van der Waals surface area contributed by atoms with Crippen molar-refractivity contribution in [1.82, 2.24) is 14.9 Å². The molecule has 0 N–H and O–H groups in total. The largest absolute Gasteiger partial charge is 0.360 e. The minimum atomic E-state index is -0.644. The van der Waals surface area contributed by atoms with Crippen molar-refractivity contribution >= 4 is 11.7 Å². The number of hydrogen-bond donors (Lipinski definition) is 0. The third-order valence-electron chi connectivity index (χ3n) is 6.86. The van der Waals surface area contributed by atoms with Crippen LogP contribution in [0.4, 0.5) is 10.2 Å². The predicted molar refractivity (Wildman–Crippen MR) is 122 cm³/mol. The van der Waals surface area contributed by atoms with E-state index in [4.69, 9.17) is 10.00 Å². The summed E-state index contributed by atoms with van der Waals surface area (Å²) >= 11 is 0. The maximum Gasteiger partial charge on any atom is 0.248 e. The Morgan fingerprint density at radius 3 is 2.70 bits per heavy atom. The molecule has 174 valence electrons. The van der Waals surface area contributed by atoms with E-state index < -0.39 is 5.60 Å². The molecule has 0 bridgehead atoms. The number of halogens is 1. The molecule has 8 heteroatoms. The van der Waals surface area contributed by atoms with Crippen molar-refractivity contribution in [2.45, 2.75) is 63.6 Å². The van der Waals surface area contributed by atoms with Gasteiger partial charge in [0.25, 0.3) is 0 Å². The van der Waals surface area contributed by atoms with Crippen LogP contribution in [0.15, 0.2) is 36.8 Å². The van der Waals surface area contributed by atoms with Crippen molar-refractivity contribution in [3.63, 3.8) is 0 Å². The molecular formula is C25H30FN5O2. The second-order valence-electron chi connectivity index (χ2n) is 9.02. The second-order valence-corrected chi connectivity index (χ2v) is 9.02. The highest BCUT2D eigenvalue weighted by Crippen LogP contribution is 2.42. The topological polar surface area (TPSA) is 82.4 Å². The van der Waals surface area contributed by atoms with Crippen molar-refractivity contribution in [2.24, 2.45) is 0 Å². The van der Waals surface area contributed by atoms with Gasteiger partial charge in [-0.25, -0.2) is 9.37 Å². The lowest BCUT2D eigenvalue weighted by Gasteiger charge is -2.46. The third kappa shape index (κ3) is 4.83. The van der Waals surface area contributed by atoms with Crippen molar-refractivity contribution in [3.05, 3.63) is 53.7 Å². The molecule has 0 aromatic carbocycles. The Hall–Kier alpha value is -3.05. The predicted octanol–water partition coefficient (Wildman–Crippen LogP) is 3.79. The Morgan fingerprint density at radius 2 is 2.06 bits per heavy atom. The van der Waals surface area contributed by atoms with E-state index >= 15 is 0 Å². The summed E-state index contributed by atoms with van der Waals surface area (Å²) in [6.45, 7) is 5.30. The first kappa shape index (κ1) is 23.1. The molecule has 1 saturated carbocycles. The van der Waals surface area contributed by atoms with Gasteiger partial charge in [-0.05, 0) is 44.4 Å². The number of rotatable bonds is 6. The molecule has 2 fully saturated rings. The average Bonchev–Trinajstić information content (AvgIpc) is 3.32. The van der Waals surface area contributed by atoms with Crippen LogP contribution in [0.3, 0.4) is 0 Å². The van der Waals surface area contributed by atoms with Crippen LogP contribution >= 0.6 is 0 Å². The maximum absolute atomic E-state index is 13.8. The molecule has 2 unspecified atom stereocenters. The van der Waals surface area contributed by atoms with E-state index in [0.717, 1.165) is 37.9 Å². The first-order chi connectivity index (χ1) is 16.0. The van der Waals surface area contributed by atoms with Crippen LogP contribution in [0.2, 0.25) is 0 Å². The summed E-state index contributed by atoms with van der Waals surface area (Å²) in [5, 5.41) is 9.04. The molecule has 2 atom stereocenters. The molecular weight excluding hydrogens is 421 g/mol. The van der Waals surface area contributed by atoms with Gasteiger partial charge in [0.1, 0.15) is 24.3 Å². The maximum atomic E-state index is 13.8. The van der Waals surface area contributed by atoms with Crippen molar-refractivity contribution in [3.8, 4) is 6.07 Å². The number of amides is 1. The highest BCUT2D eigenvalue weighted by molar-refractivity contribution is 5.78. The summed E-state index contributed by atoms with van der Waals surface area (Å²) in [6.07, 6.45) is 8.77. The molecule has 7 nitrogen and oxygen atoms in total. The Kier molecular flexibility index (Phi) is 6.89. The van der Waals surface area contributed by atoms with Gasteiger partial charge in [0.15, 0.2) is 0 Å². The van der Waals surface area contributed by atoms with E-state index in [1.807, 2.05) is 11.0 Å². The number of nitrogens with zero attached hydrogens (tertiary/aromatic N) is 5. The molecule has 0 radical (unpaired) electrons. The van der Waals surface area contributed by atoms with E-state index in [0.29, 0.717) is 24.2 Å². The normalized spacial score (nSPS) is 22.2. The highest BCUT2D eigenvalue weighted by Gasteiger charge is 2.39. The zero-order chi connectivity index (χ0) is 23.4. The molecule has 33 heavy (non-hydrogen) atoms. The lowest BCUT2D eigenvalue weighted by Crippen LogP contribution is -2.60. The lowest BCUT2D eigenvalue weighted by molar-refractivity contribution is -0.145. The van der Waals surface area contributed by atoms with Gasteiger partial charge < -0.3 is 14.5 Å². The Bertz CT molecular complexity index is 1020. The number of piperazine rings is 1. The first-order valence-corrected chi connectivity index (χ1v) is 11.6. The summed E-state index contributed by atoms with van der Waals surface area (Å²) in [7, 11) is 0.